The summed E-state index contributed by atoms with van der Waals surface area (Å²) in [5.41, 5.74) is -0.925. The number of hydrogen-bond acceptors (Lipinski definition) is 3. The molecule has 0 aromatic heterocycles. The molecule has 1 N–H and O–H groups in total. The van der Waals surface area contributed by atoms with E-state index in [1.807, 2.05) is 6.92 Å². The van der Waals surface area contributed by atoms with Crippen LogP contribution >= 0.6 is 0 Å². The number of ether oxygens (including phenoxy) is 1. The molecule has 0 heterocycles. The van der Waals surface area contributed by atoms with Crippen LogP contribution in [0.25, 0.3) is 0 Å². The van der Waals surface area contributed by atoms with E-state index in [0.717, 1.165) is 6.08 Å². The Balaban J connectivity index is 4.65. The van der Waals surface area contributed by atoms with Crippen molar-refractivity contribution in [1.82, 2.24) is 0 Å². The Morgan fingerprint density at radius 2 is 2.15 bits per heavy atom. The molecule has 0 aromatic rings. The first kappa shape index (κ1) is 12.1. The Kier molecular flexibility index (Phi) is 3.63. The van der Waals surface area contributed by atoms with Gasteiger partial charge in [0.25, 0.3) is 5.72 Å². The molecular formula is C9H18NO3+. The van der Waals surface area contributed by atoms with E-state index in [0.29, 0.717) is 6.42 Å². The highest BCUT2D eigenvalue weighted by Crippen LogP contribution is 2.23. The van der Waals surface area contributed by atoms with E-state index in [9.17, 15) is 10.0 Å². The van der Waals surface area contributed by atoms with Gasteiger partial charge in [-0.2, -0.15) is 4.65 Å². The number of nitrogens with zero attached hydrogens (tertiary/aromatic N) is 1. The van der Waals surface area contributed by atoms with Gasteiger partial charge in [0.05, 0.1) is 0 Å². The monoisotopic (exact) mass is 188 g/mol. The Bertz CT molecular complexity index is 207. The average molecular weight is 188 g/mol. The van der Waals surface area contributed by atoms with Crippen molar-refractivity contribution in [3.63, 3.8) is 0 Å². The lowest BCUT2D eigenvalue weighted by Crippen LogP contribution is -2.57. The molecule has 0 aliphatic rings. The van der Waals surface area contributed by atoms with Gasteiger partial charge < -0.3 is 4.74 Å². The molecule has 0 fully saturated rings. The van der Waals surface area contributed by atoms with Crippen molar-refractivity contribution >= 4 is 5.97 Å². The van der Waals surface area contributed by atoms with Crippen molar-refractivity contribution in [3.8, 4) is 0 Å². The molecule has 4 nitrogen and oxygen atoms in total. The van der Waals surface area contributed by atoms with Crippen molar-refractivity contribution in [1.29, 1.82) is 0 Å². The molecule has 0 spiro atoms. The van der Waals surface area contributed by atoms with E-state index in [1.54, 1.807) is 21.0 Å². The number of hydrogen-bond donors (Lipinski definition) is 1. The third-order valence-corrected chi connectivity index (χ3v) is 2.30. The molecule has 0 rings (SSSR count). The second kappa shape index (κ2) is 3.89. The van der Waals surface area contributed by atoms with Gasteiger partial charge in [-0.3, -0.25) is 0 Å². The molecule has 1 unspecified atom stereocenters. The van der Waals surface area contributed by atoms with Gasteiger partial charge in [0, 0.05) is 19.4 Å². The van der Waals surface area contributed by atoms with Crippen LogP contribution in [0.2, 0.25) is 0 Å². The summed E-state index contributed by atoms with van der Waals surface area (Å²) in [6.07, 6.45) is 1.61. The molecule has 0 amide bonds. The lowest BCUT2D eigenvalue weighted by molar-refractivity contribution is -1.13. The number of hydroxylamine groups is 3. The Hall–Kier alpha value is -0.870. The minimum Gasteiger partial charge on any atom is -0.404 e. The van der Waals surface area contributed by atoms with Gasteiger partial charge in [-0.25, -0.2) is 10.0 Å². The average Bonchev–Trinajstić information content (AvgIpc) is 2.02. The minimum atomic E-state index is -0.925. The molecule has 4 heteroatoms. The van der Waals surface area contributed by atoms with E-state index in [2.05, 4.69) is 6.58 Å². The second-order valence-corrected chi connectivity index (χ2v) is 3.55. The normalized spacial score (nSPS) is 16.1. The first-order valence-electron chi connectivity index (χ1n) is 4.19. The predicted molar refractivity (Wildman–Crippen MR) is 48.9 cm³/mol. The van der Waals surface area contributed by atoms with Crippen LogP contribution in [0, 0.1) is 0 Å². The van der Waals surface area contributed by atoms with Crippen LogP contribution in [0.5, 0.6) is 0 Å². The molecule has 0 bridgehead atoms. The first-order chi connectivity index (χ1) is 5.77. The summed E-state index contributed by atoms with van der Waals surface area (Å²) in [7, 11) is 3.11. The minimum absolute atomic E-state index is 0.414. The van der Waals surface area contributed by atoms with E-state index < -0.39 is 16.3 Å². The molecule has 0 saturated heterocycles. The summed E-state index contributed by atoms with van der Waals surface area (Å²) in [4.78, 5) is 11.0. The summed E-state index contributed by atoms with van der Waals surface area (Å²) >= 11 is 0. The molecule has 1 atom stereocenters. The summed E-state index contributed by atoms with van der Waals surface area (Å²) in [6, 6.07) is 0. The van der Waals surface area contributed by atoms with Crippen molar-refractivity contribution in [2.45, 2.75) is 26.0 Å². The highest BCUT2D eigenvalue weighted by Gasteiger charge is 2.43. The van der Waals surface area contributed by atoms with E-state index >= 15 is 0 Å². The van der Waals surface area contributed by atoms with Crippen LogP contribution in [-0.2, 0) is 9.53 Å². The number of quaternary nitrogens is 1. The number of esters is 1. The smallest absolute Gasteiger partial charge is 0.334 e. The Morgan fingerprint density at radius 3 is 2.38 bits per heavy atom. The second-order valence-electron chi connectivity index (χ2n) is 3.55. The van der Waals surface area contributed by atoms with Gasteiger partial charge >= 0.3 is 5.97 Å². The third kappa shape index (κ3) is 2.82. The van der Waals surface area contributed by atoms with Crippen molar-refractivity contribution in [2.24, 2.45) is 0 Å². The highest BCUT2D eigenvalue weighted by molar-refractivity contribution is 5.81. The quantitative estimate of drug-likeness (QED) is 0.238. The van der Waals surface area contributed by atoms with Gasteiger partial charge in [-0.1, -0.05) is 13.5 Å². The SMILES string of the molecule is C=CC(=O)OC(C)(CC)[N+](C)(C)O. The summed E-state index contributed by atoms with van der Waals surface area (Å²) in [6.45, 7) is 6.81. The van der Waals surface area contributed by atoms with Crippen LogP contribution < -0.4 is 0 Å². The molecule has 13 heavy (non-hydrogen) atoms. The predicted octanol–water partition coefficient (Wildman–Crippen LogP) is 1.31. The Morgan fingerprint density at radius 1 is 1.69 bits per heavy atom. The molecule has 0 radical (unpaired) electrons. The summed E-state index contributed by atoms with van der Waals surface area (Å²) in [5.74, 6) is -0.524. The largest absolute Gasteiger partial charge is 0.404 e. The Labute approximate surface area is 79.0 Å². The lowest BCUT2D eigenvalue weighted by atomic mass is 10.1. The summed E-state index contributed by atoms with van der Waals surface area (Å²) in [5, 5.41) is 9.71. The maximum absolute atomic E-state index is 11.0. The van der Waals surface area contributed by atoms with Crippen molar-refractivity contribution in [2.75, 3.05) is 14.1 Å². The van der Waals surface area contributed by atoms with Gasteiger partial charge in [-0.05, 0) is 0 Å². The van der Waals surface area contributed by atoms with Crippen LogP contribution in [-0.4, -0.2) is 35.6 Å². The maximum atomic E-state index is 11.0. The van der Waals surface area contributed by atoms with Crippen LogP contribution in [0.1, 0.15) is 20.3 Å². The van der Waals surface area contributed by atoms with E-state index in [4.69, 9.17) is 4.74 Å². The zero-order valence-electron chi connectivity index (χ0n) is 8.70. The molecule has 0 aliphatic heterocycles. The zero-order valence-corrected chi connectivity index (χ0v) is 8.70. The molecule has 0 saturated carbocycles. The van der Waals surface area contributed by atoms with Gasteiger partial charge in [-0.15, -0.1) is 0 Å². The van der Waals surface area contributed by atoms with Gasteiger partial charge in [0.2, 0.25) is 0 Å². The van der Waals surface area contributed by atoms with Crippen LogP contribution in [0.4, 0.5) is 0 Å². The third-order valence-electron chi connectivity index (χ3n) is 2.30. The fourth-order valence-electron chi connectivity index (χ4n) is 0.829. The molecule has 76 valence electrons. The van der Waals surface area contributed by atoms with E-state index in [-0.39, 0.29) is 0 Å². The number of carbonyl (C=O) groups is 1. The fourth-order valence-corrected chi connectivity index (χ4v) is 0.829. The molecule has 0 aromatic carbocycles. The number of carbonyl (C=O) groups excluding carboxylic acids is 1. The fraction of sp³-hybridized carbons (Fsp3) is 0.667. The van der Waals surface area contributed by atoms with E-state index in [1.165, 1.54) is 0 Å². The number of rotatable bonds is 4. The van der Waals surface area contributed by atoms with Crippen LogP contribution in [0.3, 0.4) is 0 Å². The van der Waals surface area contributed by atoms with Crippen molar-refractivity contribution < 1.29 is 19.4 Å². The highest BCUT2D eigenvalue weighted by atomic mass is 16.7. The zero-order chi connectivity index (χ0) is 10.7. The van der Waals surface area contributed by atoms with Crippen LogP contribution in [0.15, 0.2) is 12.7 Å². The van der Waals surface area contributed by atoms with Gasteiger partial charge in [0.15, 0.2) is 0 Å². The van der Waals surface area contributed by atoms with Crippen molar-refractivity contribution in [3.05, 3.63) is 12.7 Å². The first-order valence-corrected chi connectivity index (χ1v) is 4.19. The standard InChI is InChI=1S/C9H18NO3/c1-6-8(11)13-9(3,7-2)10(4,5)12/h6,12H,1,7H2,2-5H3/q+1. The topological polar surface area (TPSA) is 46.5 Å². The molecule has 0 aliphatic carbocycles. The molecular weight excluding hydrogens is 170 g/mol. The summed E-state index contributed by atoms with van der Waals surface area (Å²) < 4.78 is 4.65. The lowest BCUT2D eigenvalue weighted by Gasteiger charge is -2.37. The van der Waals surface area contributed by atoms with Gasteiger partial charge in [0.1, 0.15) is 14.1 Å². The maximum Gasteiger partial charge on any atom is 0.334 e.